The predicted octanol–water partition coefficient (Wildman–Crippen LogP) is 2.98. The Labute approximate surface area is 81.5 Å². The first-order valence-electron chi connectivity index (χ1n) is 5.85. The summed E-state index contributed by atoms with van der Waals surface area (Å²) in [6, 6.07) is 0. The minimum atomic E-state index is 0.423. The summed E-state index contributed by atoms with van der Waals surface area (Å²) in [5.41, 5.74) is 0.643. The zero-order valence-corrected chi connectivity index (χ0v) is 8.76. The fourth-order valence-electron chi connectivity index (χ4n) is 3.42. The molecule has 76 valence electrons. The van der Waals surface area contributed by atoms with E-state index in [-0.39, 0.29) is 0 Å². The van der Waals surface area contributed by atoms with Crippen molar-refractivity contribution in [1.82, 2.24) is 0 Å². The van der Waals surface area contributed by atoms with Crippen LogP contribution in [-0.4, -0.2) is 11.7 Å². The smallest absolute Gasteiger partial charge is 0.0459 e. The van der Waals surface area contributed by atoms with Gasteiger partial charge in [-0.3, -0.25) is 0 Å². The van der Waals surface area contributed by atoms with E-state index < -0.39 is 0 Å². The molecule has 2 fully saturated rings. The summed E-state index contributed by atoms with van der Waals surface area (Å²) in [7, 11) is 0. The van der Waals surface area contributed by atoms with Crippen LogP contribution in [0.4, 0.5) is 0 Å². The molecule has 3 atom stereocenters. The second-order valence-electron chi connectivity index (χ2n) is 5.42. The SMILES string of the molecule is C[C@@]12CCCC[C@@H]1CC(CO)CC2. The molecule has 0 heterocycles. The van der Waals surface area contributed by atoms with Gasteiger partial charge in [-0.05, 0) is 49.4 Å². The van der Waals surface area contributed by atoms with Crippen LogP contribution in [0.2, 0.25) is 0 Å². The lowest BCUT2D eigenvalue weighted by atomic mass is 9.58. The zero-order valence-electron chi connectivity index (χ0n) is 8.76. The molecule has 1 nitrogen and oxygen atoms in total. The Morgan fingerprint density at radius 1 is 1.23 bits per heavy atom. The van der Waals surface area contributed by atoms with Crippen molar-refractivity contribution in [3.05, 3.63) is 0 Å². The van der Waals surface area contributed by atoms with Gasteiger partial charge in [-0.15, -0.1) is 0 Å². The number of rotatable bonds is 1. The third-order valence-electron chi connectivity index (χ3n) is 4.54. The highest BCUT2D eigenvalue weighted by Crippen LogP contribution is 2.51. The van der Waals surface area contributed by atoms with E-state index in [0.29, 0.717) is 17.9 Å². The number of hydrogen-bond donors (Lipinski definition) is 1. The van der Waals surface area contributed by atoms with Crippen LogP contribution in [0.15, 0.2) is 0 Å². The van der Waals surface area contributed by atoms with E-state index in [1.165, 1.54) is 44.9 Å². The molecule has 1 unspecified atom stereocenters. The summed E-state index contributed by atoms with van der Waals surface area (Å²) in [5, 5.41) is 9.17. The van der Waals surface area contributed by atoms with E-state index in [2.05, 4.69) is 6.92 Å². The van der Waals surface area contributed by atoms with Gasteiger partial charge in [-0.25, -0.2) is 0 Å². The molecule has 2 aliphatic rings. The molecule has 0 bridgehead atoms. The maximum atomic E-state index is 9.17. The van der Waals surface area contributed by atoms with Crippen LogP contribution >= 0.6 is 0 Å². The normalized spacial score (nSPS) is 45.7. The van der Waals surface area contributed by atoms with Crippen LogP contribution in [0, 0.1) is 17.3 Å². The van der Waals surface area contributed by atoms with Gasteiger partial charge < -0.3 is 5.11 Å². The van der Waals surface area contributed by atoms with Gasteiger partial charge in [0.2, 0.25) is 0 Å². The van der Waals surface area contributed by atoms with Crippen LogP contribution < -0.4 is 0 Å². The van der Waals surface area contributed by atoms with Gasteiger partial charge in [-0.1, -0.05) is 19.8 Å². The highest BCUT2D eigenvalue weighted by Gasteiger charge is 2.40. The van der Waals surface area contributed by atoms with E-state index in [0.717, 1.165) is 5.92 Å². The summed E-state index contributed by atoms with van der Waals surface area (Å²) in [5.74, 6) is 1.54. The highest BCUT2D eigenvalue weighted by molar-refractivity contribution is 4.91. The second kappa shape index (κ2) is 3.61. The van der Waals surface area contributed by atoms with E-state index in [1.807, 2.05) is 0 Å². The first-order valence-corrected chi connectivity index (χ1v) is 5.85. The van der Waals surface area contributed by atoms with Gasteiger partial charge in [0.05, 0.1) is 0 Å². The molecule has 0 aromatic rings. The Kier molecular flexibility index (Phi) is 2.64. The van der Waals surface area contributed by atoms with Gasteiger partial charge in [0.15, 0.2) is 0 Å². The minimum absolute atomic E-state index is 0.423. The molecule has 0 spiro atoms. The Bertz CT molecular complexity index is 178. The lowest BCUT2D eigenvalue weighted by molar-refractivity contribution is 0.0205. The van der Waals surface area contributed by atoms with Crippen molar-refractivity contribution in [2.24, 2.45) is 17.3 Å². The Balaban J connectivity index is 2.01. The maximum absolute atomic E-state index is 9.17. The molecule has 13 heavy (non-hydrogen) atoms. The van der Waals surface area contributed by atoms with Gasteiger partial charge >= 0.3 is 0 Å². The van der Waals surface area contributed by atoms with Crippen molar-refractivity contribution in [3.63, 3.8) is 0 Å². The van der Waals surface area contributed by atoms with Crippen molar-refractivity contribution < 1.29 is 5.11 Å². The number of hydrogen-bond acceptors (Lipinski definition) is 1. The Morgan fingerprint density at radius 3 is 2.85 bits per heavy atom. The fraction of sp³-hybridized carbons (Fsp3) is 1.00. The fourth-order valence-corrected chi connectivity index (χ4v) is 3.42. The van der Waals surface area contributed by atoms with E-state index >= 15 is 0 Å². The quantitative estimate of drug-likeness (QED) is 0.661. The summed E-state index contributed by atoms with van der Waals surface area (Å²) >= 11 is 0. The van der Waals surface area contributed by atoms with Crippen LogP contribution in [0.5, 0.6) is 0 Å². The third-order valence-corrected chi connectivity index (χ3v) is 4.54. The second-order valence-corrected chi connectivity index (χ2v) is 5.42. The zero-order chi connectivity index (χ0) is 9.31. The molecule has 0 radical (unpaired) electrons. The average Bonchev–Trinajstić information content (AvgIpc) is 2.16. The van der Waals surface area contributed by atoms with E-state index in [4.69, 9.17) is 5.11 Å². The predicted molar refractivity (Wildman–Crippen MR) is 54.5 cm³/mol. The van der Waals surface area contributed by atoms with Crippen molar-refractivity contribution >= 4 is 0 Å². The van der Waals surface area contributed by atoms with Gasteiger partial charge in [0, 0.05) is 6.61 Å². The van der Waals surface area contributed by atoms with Crippen LogP contribution in [-0.2, 0) is 0 Å². The number of fused-ring (bicyclic) bond motifs is 1. The van der Waals surface area contributed by atoms with Crippen molar-refractivity contribution in [3.8, 4) is 0 Å². The van der Waals surface area contributed by atoms with Crippen LogP contribution in [0.3, 0.4) is 0 Å². The van der Waals surface area contributed by atoms with Crippen molar-refractivity contribution in [2.45, 2.75) is 51.9 Å². The first kappa shape index (κ1) is 9.51. The van der Waals surface area contributed by atoms with E-state index in [9.17, 15) is 0 Å². The molecule has 0 aromatic carbocycles. The monoisotopic (exact) mass is 182 g/mol. The molecule has 0 saturated heterocycles. The molecule has 0 aromatic heterocycles. The maximum Gasteiger partial charge on any atom is 0.0459 e. The summed E-state index contributed by atoms with van der Waals surface area (Å²) in [6.45, 7) is 2.90. The Hall–Kier alpha value is -0.0400. The largest absolute Gasteiger partial charge is 0.396 e. The molecule has 1 N–H and O–H groups in total. The van der Waals surface area contributed by atoms with Gasteiger partial charge in [-0.2, -0.15) is 0 Å². The standard InChI is InChI=1S/C12H22O/c1-12-6-3-2-4-11(12)8-10(9-13)5-7-12/h10-11,13H,2-9H2,1H3/t10?,11-,12+/m1/s1. The first-order chi connectivity index (χ1) is 6.24. The van der Waals surface area contributed by atoms with Gasteiger partial charge in [0.25, 0.3) is 0 Å². The molecule has 1 heteroatoms. The molecular weight excluding hydrogens is 160 g/mol. The van der Waals surface area contributed by atoms with Crippen LogP contribution in [0.1, 0.15) is 51.9 Å². The molecule has 2 saturated carbocycles. The molecule has 0 aliphatic heterocycles. The number of aliphatic hydroxyl groups is 1. The molecule has 2 rings (SSSR count). The van der Waals surface area contributed by atoms with Crippen molar-refractivity contribution in [2.75, 3.05) is 6.61 Å². The summed E-state index contributed by atoms with van der Waals surface area (Å²) in [4.78, 5) is 0. The lowest BCUT2D eigenvalue weighted by Crippen LogP contribution is -2.37. The Morgan fingerprint density at radius 2 is 2.08 bits per heavy atom. The van der Waals surface area contributed by atoms with Crippen LogP contribution in [0.25, 0.3) is 0 Å². The molecule has 2 aliphatic carbocycles. The topological polar surface area (TPSA) is 20.2 Å². The lowest BCUT2D eigenvalue weighted by Gasteiger charge is -2.47. The van der Waals surface area contributed by atoms with Crippen molar-refractivity contribution in [1.29, 1.82) is 0 Å². The summed E-state index contributed by atoms with van der Waals surface area (Å²) in [6.07, 6.45) is 9.66. The average molecular weight is 182 g/mol. The third kappa shape index (κ3) is 1.76. The molecule has 0 amide bonds. The summed E-state index contributed by atoms with van der Waals surface area (Å²) < 4.78 is 0. The van der Waals surface area contributed by atoms with Gasteiger partial charge in [0.1, 0.15) is 0 Å². The highest BCUT2D eigenvalue weighted by atomic mass is 16.3. The van der Waals surface area contributed by atoms with E-state index in [1.54, 1.807) is 0 Å². The number of aliphatic hydroxyl groups excluding tert-OH is 1. The molecular formula is C12H22O. The minimum Gasteiger partial charge on any atom is -0.396 e.